The van der Waals surface area contributed by atoms with Crippen LogP contribution in [-0.2, 0) is 9.53 Å². The van der Waals surface area contributed by atoms with Crippen molar-refractivity contribution in [1.82, 2.24) is 0 Å². The molecule has 1 aromatic rings. The quantitative estimate of drug-likeness (QED) is 0.832. The maximum atomic E-state index is 11.2. The molecule has 0 aliphatic heterocycles. The molecule has 0 amide bonds. The summed E-state index contributed by atoms with van der Waals surface area (Å²) in [6.07, 6.45) is 0.130. The first-order valence-corrected chi connectivity index (χ1v) is 5.73. The number of rotatable bonds is 4. The molecular formula is C11H14BrNO3. The minimum atomic E-state index is -0.420. The fourth-order valence-corrected chi connectivity index (χ4v) is 1.67. The number of phenols is 1. The standard InChI is InChI=1S/C11H14BrNO3/c1-2-16-11(15)6-9(13)7-3-4-10(14)8(12)5-7/h3-5,9,14H,2,6,13H2,1H3/t9-/m0/s1. The molecule has 0 saturated carbocycles. The molecule has 0 fully saturated rings. The first kappa shape index (κ1) is 13.0. The smallest absolute Gasteiger partial charge is 0.307 e. The van der Waals surface area contributed by atoms with E-state index in [-0.39, 0.29) is 18.1 Å². The van der Waals surface area contributed by atoms with Gasteiger partial charge in [0.2, 0.25) is 0 Å². The van der Waals surface area contributed by atoms with Gasteiger partial charge in [0.15, 0.2) is 0 Å². The van der Waals surface area contributed by atoms with Crippen LogP contribution >= 0.6 is 15.9 Å². The molecule has 1 rings (SSSR count). The first-order valence-electron chi connectivity index (χ1n) is 4.94. The van der Waals surface area contributed by atoms with E-state index in [1.165, 1.54) is 6.07 Å². The van der Waals surface area contributed by atoms with Crippen molar-refractivity contribution in [3.63, 3.8) is 0 Å². The predicted octanol–water partition coefficient (Wildman–Crippen LogP) is 2.11. The van der Waals surface area contributed by atoms with Gasteiger partial charge in [0.05, 0.1) is 17.5 Å². The fourth-order valence-electron chi connectivity index (χ4n) is 1.27. The van der Waals surface area contributed by atoms with Crippen LogP contribution in [-0.4, -0.2) is 17.7 Å². The Bertz CT molecular complexity index is 381. The number of benzene rings is 1. The molecule has 4 nitrogen and oxygen atoms in total. The largest absolute Gasteiger partial charge is 0.507 e. The SMILES string of the molecule is CCOC(=O)C[C@H](N)c1ccc(O)c(Br)c1. The lowest BCUT2D eigenvalue weighted by molar-refractivity contribution is -0.143. The highest BCUT2D eigenvalue weighted by atomic mass is 79.9. The van der Waals surface area contributed by atoms with Gasteiger partial charge in [0.1, 0.15) is 5.75 Å². The minimum Gasteiger partial charge on any atom is -0.507 e. The summed E-state index contributed by atoms with van der Waals surface area (Å²) in [5.74, 6) is -0.175. The highest BCUT2D eigenvalue weighted by Crippen LogP contribution is 2.27. The highest BCUT2D eigenvalue weighted by molar-refractivity contribution is 9.10. The summed E-state index contributed by atoms with van der Waals surface area (Å²) in [6, 6.07) is 4.49. The number of esters is 1. The molecule has 16 heavy (non-hydrogen) atoms. The second-order valence-electron chi connectivity index (χ2n) is 3.33. The monoisotopic (exact) mass is 287 g/mol. The van der Waals surface area contributed by atoms with Crippen molar-refractivity contribution in [2.75, 3.05) is 6.61 Å². The molecule has 0 unspecified atom stereocenters. The van der Waals surface area contributed by atoms with Crippen molar-refractivity contribution in [1.29, 1.82) is 0 Å². The average Bonchev–Trinajstić information content (AvgIpc) is 2.22. The zero-order valence-corrected chi connectivity index (χ0v) is 10.5. The van der Waals surface area contributed by atoms with Gasteiger partial charge in [-0.25, -0.2) is 0 Å². The van der Waals surface area contributed by atoms with Crippen molar-refractivity contribution >= 4 is 21.9 Å². The Hall–Kier alpha value is -1.07. The number of aromatic hydroxyl groups is 1. The molecule has 3 N–H and O–H groups in total. The molecule has 0 bridgehead atoms. The summed E-state index contributed by atoms with van der Waals surface area (Å²) in [7, 11) is 0. The van der Waals surface area contributed by atoms with Crippen LogP contribution in [0.25, 0.3) is 0 Å². The topological polar surface area (TPSA) is 72.5 Å². The lowest BCUT2D eigenvalue weighted by atomic mass is 10.0. The molecule has 0 heterocycles. The van der Waals surface area contributed by atoms with Gasteiger partial charge in [-0.15, -0.1) is 0 Å². The maximum absolute atomic E-state index is 11.2. The molecule has 88 valence electrons. The van der Waals surface area contributed by atoms with Gasteiger partial charge >= 0.3 is 5.97 Å². The third kappa shape index (κ3) is 3.50. The lowest BCUT2D eigenvalue weighted by Crippen LogP contribution is -2.17. The van der Waals surface area contributed by atoms with Crippen LogP contribution in [0.1, 0.15) is 24.9 Å². The van der Waals surface area contributed by atoms with Gasteiger partial charge in [0, 0.05) is 6.04 Å². The second kappa shape index (κ2) is 5.86. The Morgan fingerprint density at radius 1 is 1.62 bits per heavy atom. The third-order valence-corrected chi connectivity index (χ3v) is 2.73. The molecule has 0 radical (unpaired) electrons. The van der Waals surface area contributed by atoms with Gasteiger partial charge in [-0.1, -0.05) is 6.07 Å². The van der Waals surface area contributed by atoms with E-state index in [9.17, 15) is 9.90 Å². The molecule has 0 saturated heterocycles. The van der Waals surface area contributed by atoms with Gasteiger partial charge in [-0.2, -0.15) is 0 Å². The van der Waals surface area contributed by atoms with Crippen LogP contribution < -0.4 is 5.73 Å². The Balaban J connectivity index is 2.69. The normalized spacial score (nSPS) is 12.2. The number of nitrogens with two attached hydrogens (primary N) is 1. The summed E-state index contributed by atoms with van der Waals surface area (Å²) in [5.41, 5.74) is 6.62. The first-order chi connectivity index (χ1) is 7.54. The number of carbonyl (C=O) groups excluding carboxylic acids is 1. The van der Waals surface area contributed by atoms with E-state index in [0.717, 1.165) is 5.56 Å². The molecule has 0 spiro atoms. The van der Waals surface area contributed by atoms with Crippen LogP contribution in [0, 0.1) is 0 Å². The number of hydrogen-bond donors (Lipinski definition) is 2. The fraction of sp³-hybridized carbons (Fsp3) is 0.364. The molecule has 1 atom stereocenters. The van der Waals surface area contributed by atoms with Gasteiger partial charge in [-0.05, 0) is 40.5 Å². The zero-order valence-electron chi connectivity index (χ0n) is 8.94. The number of hydrogen-bond acceptors (Lipinski definition) is 4. The Morgan fingerprint density at radius 3 is 2.88 bits per heavy atom. The molecule has 0 aliphatic rings. The zero-order chi connectivity index (χ0) is 12.1. The van der Waals surface area contributed by atoms with E-state index in [1.807, 2.05) is 0 Å². The number of ether oxygens (including phenoxy) is 1. The Kier molecular flexibility index (Phi) is 4.76. The number of phenolic OH excluding ortho intramolecular Hbond substituents is 1. The van der Waals surface area contributed by atoms with Crippen molar-refractivity contribution in [3.8, 4) is 5.75 Å². The van der Waals surface area contributed by atoms with Crippen LogP contribution in [0.3, 0.4) is 0 Å². The second-order valence-corrected chi connectivity index (χ2v) is 4.18. The van der Waals surface area contributed by atoms with E-state index in [0.29, 0.717) is 11.1 Å². The number of carbonyl (C=O) groups is 1. The summed E-state index contributed by atoms with van der Waals surface area (Å²) >= 11 is 3.19. The molecule has 0 aliphatic carbocycles. The van der Waals surface area contributed by atoms with Gasteiger partial charge in [-0.3, -0.25) is 4.79 Å². The van der Waals surface area contributed by atoms with E-state index in [2.05, 4.69) is 15.9 Å². The van der Waals surface area contributed by atoms with E-state index < -0.39 is 6.04 Å². The molecular weight excluding hydrogens is 274 g/mol. The molecule has 5 heteroatoms. The van der Waals surface area contributed by atoms with Crippen molar-refractivity contribution in [2.24, 2.45) is 5.73 Å². The van der Waals surface area contributed by atoms with E-state index >= 15 is 0 Å². The van der Waals surface area contributed by atoms with E-state index in [1.54, 1.807) is 19.1 Å². The summed E-state index contributed by atoms with van der Waals surface area (Å²) in [6.45, 7) is 2.10. The van der Waals surface area contributed by atoms with Crippen LogP contribution in [0.5, 0.6) is 5.75 Å². The van der Waals surface area contributed by atoms with Crippen LogP contribution in [0.4, 0.5) is 0 Å². The number of halogens is 1. The van der Waals surface area contributed by atoms with Crippen LogP contribution in [0.15, 0.2) is 22.7 Å². The Morgan fingerprint density at radius 2 is 2.31 bits per heavy atom. The Labute approximate surface area is 103 Å². The average molecular weight is 288 g/mol. The summed E-state index contributed by atoms with van der Waals surface area (Å²) in [4.78, 5) is 11.2. The summed E-state index contributed by atoms with van der Waals surface area (Å²) < 4.78 is 5.37. The van der Waals surface area contributed by atoms with E-state index in [4.69, 9.17) is 10.5 Å². The third-order valence-electron chi connectivity index (χ3n) is 2.09. The summed E-state index contributed by atoms with van der Waals surface area (Å²) in [5, 5.41) is 9.31. The van der Waals surface area contributed by atoms with Gasteiger partial charge in [0.25, 0.3) is 0 Å². The highest BCUT2D eigenvalue weighted by Gasteiger charge is 2.13. The van der Waals surface area contributed by atoms with Crippen LogP contribution in [0.2, 0.25) is 0 Å². The molecule has 1 aromatic carbocycles. The minimum absolute atomic E-state index is 0.130. The van der Waals surface area contributed by atoms with Gasteiger partial charge < -0.3 is 15.6 Å². The maximum Gasteiger partial charge on any atom is 0.307 e. The molecule has 0 aromatic heterocycles. The predicted molar refractivity (Wildman–Crippen MR) is 64.0 cm³/mol. The van der Waals surface area contributed by atoms with Crippen molar-refractivity contribution in [3.05, 3.63) is 28.2 Å². The lowest BCUT2D eigenvalue weighted by Gasteiger charge is -2.11. The van der Waals surface area contributed by atoms with Crippen molar-refractivity contribution in [2.45, 2.75) is 19.4 Å². The van der Waals surface area contributed by atoms with Crippen molar-refractivity contribution < 1.29 is 14.6 Å².